The number of halogens is 1. The Morgan fingerprint density at radius 2 is 2.10 bits per heavy atom. The van der Waals surface area contributed by atoms with Crippen molar-refractivity contribution in [3.8, 4) is 0 Å². The van der Waals surface area contributed by atoms with Crippen LogP contribution < -0.4 is 0 Å². The third-order valence-corrected chi connectivity index (χ3v) is 3.38. The number of hydrogen-bond acceptors (Lipinski definition) is 1. The molecular formula is C8H9BrO. The molecule has 0 amide bonds. The maximum atomic E-state index is 11.2. The van der Waals surface area contributed by atoms with Gasteiger partial charge in [-0.15, -0.1) is 0 Å². The van der Waals surface area contributed by atoms with E-state index in [0.717, 1.165) is 17.3 Å². The van der Waals surface area contributed by atoms with Crippen molar-refractivity contribution in [2.24, 2.45) is 11.8 Å². The first kappa shape index (κ1) is 6.59. The van der Waals surface area contributed by atoms with E-state index in [9.17, 15) is 4.79 Å². The highest BCUT2D eigenvalue weighted by molar-refractivity contribution is 9.11. The Labute approximate surface area is 68.6 Å². The summed E-state index contributed by atoms with van der Waals surface area (Å²) in [5, 5.41) is 0. The Morgan fingerprint density at radius 3 is 2.90 bits per heavy atom. The normalized spacial score (nSPS) is 38.1. The molecular weight excluding hydrogens is 192 g/mol. The first-order valence-corrected chi connectivity index (χ1v) is 4.47. The monoisotopic (exact) mass is 200 g/mol. The number of ketones is 1. The Morgan fingerprint density at radius 1 is 1.40 bits per heavy atom. The minimum atomic E-state index is 0.334. The van der Waals surface area contributed by atoms with Crippen LogP contribution in [0.25, 0.3) is 0 Å². The van der Waals surface area contributed by atoms with E-state index in [1.165, 1.54) is 6.42 Å². The summed E-state index contributed by atoms with van der Waals surface area (Å²) >= 11 is 3.42. The van der Waals surface area contributed by atoms with Crippen LogP contribution in [-0.4, -0.2) is 5.78 Å². The molecule has 0 heterocycles. The van der Waals surface area contributed by atoms with Gasteiger partial charge in [-0.3, -0.25) is 4.79 Å². The van der Waals surface area contributed by atoms with Crippen molar-refractivity contribution in [2.45, 2.75) is 19.3 Å². The molecule has 10 heavy (non-hydrogen) atoms. The van der Waals surface area contributed by atoms with Crippen molar-refractivity contribution in [1.82, 2.24) is 0 Å². The first-order valence-electron chi connectivity index (χ1n) is 3.68. The molecule has 2 atom stereocenters. The van der Waals surface area contributed by atoms with E-state index in [0.29, 0.717) is 17.6 Å². The second-order valence-corrected chi connectivity index (χ2v) is 4.05. The van der Waals surface area contributed by atoms with Crippen LogP contribution in [0.5, 0.6) is 0 Å². The zero-order valence-electron chi connectivity index (χ0n) is 5.64. The van der Waals surface area contributed by atoms with Crippen molar-refractivity contribution < 1.29 is 4.79 Å². The van der Waals surface area contributed by atoms with Gasteiger partial charge in [-0.25, -0.2) is 0 Å². The average molecular weight is 201 g/mol. The zero-order chi connectivity index (χ0) is 7.14. The quantitative estimate of drug-likeness (QED) is 0.587. The molecule has 0 aliphatic heterocycles. The molecule has 1 nitrogen and oxygen atoms in total. The second kappa shape index (κ2) is 2.19. The van der Waals surface area contributed by atoms with E-state index >= 15 is 0 Å². The van der Waals surface area contributed by atoms with Gasteiger partial charge >= 0.3 is 0 Å². The summed E-state index contributed by atoms with van der Waals surface area (Å²) in [6.45, 7) is 0. The Bertz CT molecular complexity index is 207. The molecule has 0 saturated heterocycles. The van der Waals surface area contributed by atoms with Crippen LogP contribution in [0.1, 0.15) is 19.3 Å². The van der Waals surface area contributed by atoms with Crippen LogP contribution in [0.4, 0.5) is 0 Å². The number of carbonyl (C=O) groups excluding carboxylic acids is 1. The van der Waals surface area contributed by atoms with Crippen LogP contribution in [0.15, 0.2) is 10.6 Å². The van der Waals surface area contributed by atoms with Crippen LogP contribution in [0.2, 0.25) is 0 Å². The Balaban J connectivity index is 2.33. The lowest BCUT2D eigenvalue weighted by atomic mass is 9.94. The van der Waals surface area contributed by atoms with E-state index in [1.807, 2.05) is 0 Å². The molecule has 2 heteroatoms. The molecule has 0 aromatic rings. The van der Waals surface area contributed by atoms with E-state index in [1.54, 1.807) is 6.08 Å². The molecule has 2 aliphatic rings. The molecule has 2 bridgehead atoms. The van der Waals surface area contributed by atoms with E-state index in [2.05, 4.69) is 15.9 Å². The summed E-state index contributed by atoms with van der Waals surface area (Å²) < 4.78 is 1.13. The van der Waals surface area contributed by atoms with Gasteiger partial charge < -0.3 is 0 Å². The van der Waals surface area contributed by atoms with Crippen LogP contribution in [-0.2, 0) is 4.79 Å². The second-order valence-electron chi connectivity index (χ2n) is 3.14. The van der Waals surface area contributed by atoms with Crippen molar-refractivity contribution in [1.29, 1.82) is 0 Å². The minimum Gasteiger partial charge on any atom is -0.295 e. The predicted molar refractivity (Wildman–Crippen MR) is 42.8 cm³/mol. The summed E-state index contributed by atoms with van der Waals surface area (Å²) in [6, 6.07) is 0. The Kier molecular flexibility index (Phi) is 1.44. The molecule has 1 fully saturated rings. The van der Waals surface area contributed by atoms with Gasteiger partial charge in [-0.05, 0) is 31.3 Å². The molecule has 0 aromatic carbocycles. The summed E-state index contributed by atoms with van der Waals surface area (Å²) in [7, 11) is 0. The van der Waals surface area contributed by atoms with Gasteiger partial charge in [0.1, 0.15) is 0 Å². The van der Waals surface area contributed by atoms with Crippen LogP contribution in [0.3, 0.4) is 0 Å². The summed E-state index contributed by atoms with van der Waals surface area (Å²) in [5.74, 6) is 1.37. The van der Waals surface area contributed by atoms with Gasteiger partial charge in [0.15, 0.2) is 5.78 Å². The lowest BCUT2D eigenvalue weighted by Crippen LogP contribution is -2.13. The summed E-state index contributed by atoms with van der Waals surface area (Å²) in [6.07, 6.45) is 5.17. The van der Waals surface area contributed by atoms with E-state index in [4.69, 9.17) is 0 Å². The topological polar surface area (TPSA) is 17.1 Å². The molecule has 1 saturated carbocycles. The van der Waals surface area contributed by atoms with E-state index in [-0.39, 0.29) is 0 Å². The number of rotatable bonds is 0. The highest BCUT2D eigenvalue weighted by Crippen LogP contribution is 2.42. The van der Waals surface area contributed by atoms with Gasteiger partial charge in [0.2, 0.25) is 0 Å². The van der Waals surface area contributed by atoms with Crippen LogP contribution >= 0.6 is 15.9 Å². The highest BCUT2D eigenvalue weighted by atomic mass is 79.9. The SMILES string of the molecule is O=C1C=C(Br)C2CCC1C2. The molecule has 54 valence electrons. The van der Waals surface area contributed by atoms with Gasteiger partial charge in [0.05, 0.1) is 0 Å². The third kappa shape index (κ3) is 0.858. The standard InChI is InChI=1S/C8H9BrO/c9-7-4-8(10)6-2-1-5(7)3-6/h4-6H,1-3H2. The molecule has 2 unspecified atom stereocenters. The van der Waals surface area contributed by atoms with Crippen molar-refractivity contribution in [3.63, 3.8) is 0 Å². The Hall–Kier alpha value is -0.110. The zero-order valence-corrected chi connectivity index (χ0v) is 7.23. The maximum absolute atomic E-state index is 11.2. The highest BCUT2D eigenvalue weighted by Gasteiger charge is 2.34. The number of hydrogen-bond donors (Lipinski definition) is 0. The van der Waals surface area contributed by atoms with Crippen molar-refractivity contribution in [3.05, 3.63) is 10.6 Å². The fourth-order valence-corrected chi connectivity index (χ4v) is 2.50. The smallest absolute Gasteiger partial charge is 0.159 e. The van der Waals surface area contributed by atoms with Gasteiger partial charge in [0.25, 0.3) is 0 Å². The number of carbonyl (C=O) groups is 1. The minimum absolute atomic E-state index is 0.334. The summed E-state index contributed by atoms with van der Waals surface area (Å²) in [4.78, 5) is 11.2. The molecule has 0 aromatic heterocycles. The molecule has 2 rings (SSSR count). The maximum Gasteiger partial charge on any atom is 0.159 e. The molecule has 0 radical (unpaired) electrons. The number of fused-ring (bicyclic) bond motifs is 2. The van der Waals surface area contributed by atoms with Gasteiger partial charge in [-0.2, -0.15) is 0 Å². The molecule has 0 spiro atoms. The molecule has 0 N–H and O–H groups in total. The number of allylic oxidation sites excluding steroid dienone is 2. The van der Waals surface area contributed by atoms with Gasteiger partial charge in [-0.1, -0.05) is 15.9 Å². The third-order valence-electron chi connectivity index (χ3n) is 2.51. The largest absolute Gasteiger partial charge is 0.295 e. The predicted octanol–water partition coefficient (Wildman–Crippen LogP) is 2.26. The fraction of sp³-hybridized carbons (Fsp3) is 0.625. The lowest BCUT2D eigenvalue weighted by Gasteiger charge is -2.14. The molecule has 2 aliphatic carbocycles. The fourth-order valence-electron chi connectivity index (χ4n) is 1.86. The van der Waals surface area contributed by atoms with Crippen molar-refractivity contribution >= 4 is 21.7 Å². The average Bonchev–Trinajstić information content (AvgIpc) is 2.28. The van der Waals surface area contributed by atoms with Crippen LogP contribution in [0, 0.1) is 11.8 Å². The first-order chi connectivity index (χ1) is 4.77. The van der Waals surface area contributed by atoms with Gasteiger partial charge in [0, 0.05) is 10.4 Å². The summed E-state index contributed by atoms with van der Waals surface area (Å²) in [5.41, 5.74) is 0. The van der Waals surface area contributed by atoms with Crippen molar-refractivity contribution in [2.75, 3.05) is 0 Å². The lowest BCUT2D eigenvalue weighted by molar-refractivity contribution is -0.118. The van der Waals surface area contributed by atoms with E-state index < -0.39 is 0 Å².